The van der Waals surface area contributed by atoms with Gasteiger partial charge >= 0.3 is 6.03 Å². The van der Waals surface area contributed by atoms with Crippen molar-refractivity contribution in [3.63, 3.8) is 0 Å². The van der Waals surface area contributed by atoms with E-state index >= 15 is 0 Å². The van der Waals surface area contributed by atoms with Crippen LogP contribution in [0, 0.1) is 0 Å². The summed E-state index contributed by atoms with van der Waals surface area (Å²) >= 11 is 0. The minimum Gasteiger partial charge on any atom is -0.497 e. The van der Waals surface area contributed by atoms with Gasteiger partial charge in [0, 0.05) is 12.2 Å². The average molecular weight is 328 g/mol. The Morgan fingerprint density at radius 1 is 1.12 bits per heavy atom. The second kappa shape index (κ2) is 8.36. The number of amides is 2. The highest BCUT2D eigenvalue weighted by Crippen LogP contribution is 2.19. The number of ether oxygens (including phenoxy) is 1. The van der Waals surface area contributed by atoms with Crippen LogP contribution in [0.2, 0.25) is 0 Å². The molecule has 2 rings (SSSR count). The van der Waals surface area contributed by atoms with Crippen molar-refractivity contribution in [1.82, 2.24) is 5.32 Å². The van der Waals surface area contributed by atoms with Crippen molar-refractivity contribution >= 4 is 11.7 Å². The number of rotatable bonds is 6. The Hall–Kier alpha value is -2.53. The summed E-state index contributed by atoms with van der Waals surface area (Å²) in [6, 6.07) is 14.5. The third kappa shape index (κ3) is 4.99. The second-order valence-corrected chi connectivity index (χ2v) is 5.90. The fourth-order valence-corrected chi connectivity index (χ4v) is 2.28. The molecule has 2 amide bonds. The largest absolute Gasteiger partial charge is 0.497 e. The van der Waals surface area contributed by atoms with Gasteiger partial charge in [0.25, 0.3) is 0 Å². The number of aliphatic hydroxyl groups is 1. The molecule has 0 saturated carbocycles. The maximum absolute atomic E-state index is 12.0. The van der Waals surface area contributed by atoms with E-state index in [2.05, 4.69) is 24.5 Å². The van der Waals surface area contributed by atoms with Crippen molar-refractivity contribution in [1.29, 1.82) is 0 Å². The molecule has 0 aliphatic heterocycles. The summed E-state index contributed by atoms with van der Waals surface area (Å²) in [5.41, 5.74) is 2.61. The Morgan fingerprint density at radius 2 is 1.83 bits per heavy atom. The lowest BCUT2D eigenvalue weighted by atomic mass is 10.0. The van der Waals surface area contributed by atoms with E-state index in [4.69, 9.17) is 4.74 Å². The lowest BCUT2D eigenvalue weighted by molar-refractivity contribution is 0.175. The molecule has 0 heterocycles. The van der Waals surface area contributed by atoms with Crippen LogP contribution in [0.15, 0.2) is 48.5 Å². The maximum atomic E-state index is 12.0. The third-order valence-electron chi connectivity index (χ3n) is 3.77. The molecule has 0 bridgehead atoms. The van der Waals surface area contributed by atoms with E-state index < -0.39 is 6.10 Å². The number of anilines is 1. The lowest BCUT2D eigenvalue weighted by Gasteiger charge is -2.14. The molecule has 2 aromatic carbocycles. The van der Waals surface area contributed by atoms with E-state index in [1.807, 2.05) is 24.3 Å². The Kier molecular flexibility index (Phi) is 6.21. The molecule has 3 N–H and O–H groups in total. The molecule has 128 valence electrons. The smallest absolute Gasteiger partial charge is 0.319 e. The van der Waals surface area contributed by atoms with E-state index in [-0.39, 0.29) is 12.6 Å². The molecule has 5 heteroatoms. The van der Waals surface area contributed by atoms with Crippen LogP contribution >= 0.6 is 0 Å². The molecule has 1 atom stereocenters. The molecule has 0 fully saturated rings. The van der Waals surface area contributed by atoms with Gasteiger partial charge in [0.15, 0.2) is 0 Å². The Labute approximate surface area is 142 Å². The zero-order chi connectivity index (χ0) is 17.5. The van der Waals surface area contributed by atoms with Gasteiger partial charge in [-0.1, -0.05) is 38.1 Å². The van der Waals surface area contributed by atoms with Crippen LogP contribution in [0.1, 0.15) is 37.0 Å². The molecule has 5 nitrogen and oxygen atoms in total. The molecule has 0 spiro atoms. The highest BCUT2D eigenvalue weighted by Gasteiger charge is 2.10. The summed E-state index contributed by atoms with van der Waals surface area (Å²) in [5.74, 6) is 1.12. The molecule has 0 radical (unpaired) electrons. The van der Waals surface area contributed by atoms with Crippen molar-refractivity contribution in [3.8, 4) is 5.75 Å². The number of carbonyl (C=O) groups is 1. The van der Waals surface area contributed by atoms with E-state index in [1.165, 1.54) is 0 Å². The van der Waals surface area contributed by atoms with Crippen molar-refractivity contribution in [2.24, 2.45) is 0 Å². The van der Waals surface area contributed by atoms with Crippen molar-refractivity contribution < 1.29 is 14.6 Å². The summed E-state index contributed by atoms with van der Waals surface area (Å²) < 4.78 is 5.08. The Bertz CT molecular complexity index is 669. The van der Waals surface area contributed by atoms with E-state index in [0.29, 0.717) is 5.92 Å². The molecule has 0 aliphatic carbocycles. The van der Waals surface area contributed by atoms with Gasteiger partial charge < -0.3 is 20.5 Å². The van der Waals surface area contributed by atoms with Crippen LogP contribution in [0.3, 0.4) is 0 Å². The predicted molar refractivity (Wildman–Crippen MR) is 95.5 cm³/mol. The van der Waals surface area contributed by atoms with Crippen molar-refractivity contribution in [2.45, 2.75) is 25.9 Å². The Morgan fingerprint density at radius 3 is 2.46 bits per heavy atom. The summed E-state index contributed by atoms with van der Waals surface area (Å²) in [6.45, 7) is 4.33. The van der Waals surface area contributed by atoms with Gasteiger partial charge in [-0.25, -0.2) is 4.79 Å². The first-order chi connectivity index (χ1) is 11.5. The van der Waals surface area contributed by atoms with Gasteiger partial charge in [0.05, 0.1) is 13.2 Å². The highest BCUT2D eigenvalue weighted by molar-refractivity contribution is 5.89. The third-order valence-corrected chi connectivity index (χ3v) is 3.77. The number of methoxy groups -OCH3 is 1. The molecule has 0 aromatic heterocycles. The zero-order valence-corrected chi connectivity index (χ0v) is 14.2. The standard InChI is InChI=1S/C19H24N2O3/c1-13(2)15-5-4-6-16(11-15)21-19(23)20-12-18(22)14-7-9-17(24-3)10-8-14/h4-11,13,18,22H,12H2,1-3H3,(H2,20,21,23). The number of carbonyl (C=O) groups excluding carboxylic acids is 1. The van der Waals surface area contributed by atoms with Crippen LogP contribution in [0.5, 0.6) is 5.75 Å². The number of benzene rings is 2. The van der Waals surface area contributed by atoms with Crippen LogP contribution in [-0.2, 0) is 0 Å². The van der Waals surface area contributed by atoms with E-state index in [1.54, 1.807) is 31.4 Å². The molecule has 0 saturated heterocycles. The number of nitrogens with one attached hydrogen (secondary N) is 2. The van der Waals surface area contributed by atoms with E-state index in [0.717, 1.165) is 22.6 Å². The molecule has 0 aliphatic rings. The van der Waals surface area contributed by atoms with Crippen LogP contribution in [-0.4, -0.2) is 24.8 Å². The number of aliphatic hydroxyl groups excluding tert-OH is 1. The summed E-state index contributed by atoms with van der Waals surface area (Å²) in [4.78, 5) is 12.0. The maximum Gasteiger partial charge on any atom is 0.319 e. The van der Waals surface area contributed by atoms with Gasteiger partial charge in [-0.05, 0) is 41.3 Å². The lowest BCUT2D eigenvalue weighted by Crippen LogP contribution is -2.32. The summed E-state index contributed by atoms with van der Waals surface area (Å²) in [6.07, 6.45) is -0.774. The highest BCUT2D eigenvalue weighted by atomic mass is 16.5. The first-order valence-electron chi connectivity index (χ1n) is 7.96. The minimum atomic E-state index is -0.774. The Balaban J connectivity index is 1.87. The van der Waals surface area contributed by atoms with Crippen LogP contribution in [0.25, 0.3) is 0 Å². The first-order valence-corrected chi connectivity index (χ1v) is 7.96. The summed E-state index contributed by atoms with van der Waals surface area (Å²) in [5, 5.41) is 15.6. The fourth-order valence-electron chi connectivity index (χ4n) is 2.28. The van der Waals surface area contributed by atoms with Gasteiger partial charge in [-0.3, -0.25) is 0 Å². The molecule has 1 unspecified atom stereocenters. The number of urea groups is 1. The van der Waals surface area contributed by atoms with Crippen molar-refractivity contribution in [3.05, 3.63) is 59.7 Å². The fraction of sp³-hybridized carbons (Fsp3) is 0.316. The van der Waals surface area contributed by atoms with Crippen LogP contribution in [0.4, 0.5) is 10.5 Å². The van der Waals surface area contributed by atoms with Gasteiger partial charge in [-0.2, -0.15) is 0 Å². The normalized spacial score (nSPS) is 11.9. The quantitative estimate of drug-likeness (QED) is 0.757. The van der Waals surface area contributed by atoms with Crippen molar-refractivity contribution in [2.75, 3.05) is 19.0 Å². The SMILES string of the molecule is COc1ccc(C(O)CNC(=O)Nc2cccc(C(C)C)c2)cc1. The average Bonchev–Trinajstić information content (AvgIpc) is 2.60. The van der Waals surface area contributed by atoms with Crippen LogP contribution < -0.4 is 15.4 Å². The zero-order valence-electron chi connectivity index (χ0n) is 14.2. The molecule has 2 aromatic rings. The monoisotopic (exact) mass is 328 g/mol. The summed E-state index contributed by atoms with van der Waals surface area (Å²) in [7, 11) is 1.59. The second-order valence-electron chi connectivity index (χ2n) is 5.90. The molecule has 24 heavy (non-hydrogen) atoms. The van der Waals surface area contributed by atoms with E-state index in [9.17, 15) is 9.90 Å². The predicted octanol–water partition coefficient (Wildman–Crippen LogP) is 3.67. The number of hydrogen-bond acceptors (Lipinski definition) is 3. The minimum absolute atomic E-state index is 0.127. The molecular weight excluding hydrogens is 304 g/mol. The topological polar surface area (TPSA) is 70.6 Å². The molecular formula is C19H24N2O3. The van der Waals surface area contributed by atoms with Gasteiger partial charge in [-0.15, -0.1) is 0 Å². The van der Waals surface area contributed by atoms with Gasteiger partial charge in [0.1, 0.15) is 5.75 Å². The van der Waals surface area contributed by atoms with Gasteiger partial charge in [0.2, 0.25) is 0 Å². The number of hydrogen-bond donors (Lipinski definition) is 3. The first kappa shape index (κ1) is 17.8.